The summed E-state index contributed by atoms with van der Waals surface area (Å²) in [5, 5.41) is 0. The van der Waals surface area contributed by atoms with Gasteiger partial charge >= 0.3 is 12.1 Å². The molecule has 0 saturated heterocycles. The molecular weight excluding hydrogens is 217 g/mol. The molecule has 6 heteroatoms. The minimum atomic E-state index is -5.53. The van der Waals surface area contributed by atoms with Crippen LogP contribution in [0, 0.1) is 11.8 Å². The maximum Gasteiger partial charge on any atom is 0.455 e. The molecule has 2 N–H and O–H groups in total. The van der Waals surface area contributed by atoms with Crippen LogP contribution in [0.4, 0.5) is 22.0 Å². The molecule has 2 fully saturated rings. The van der Waals surface area contributed by atoms with Gasteiger partial charge < -0.3 is 5.73 Å². The van der Waals surface area contributed by atoms with Crippen LogP contribution in [0.2, 0.25) is 0 Å². The van der Waals surface area contributed by atoms with Gasteiger partial charge in [-0.3, -0.25) is 0 Å². The second-order valence-electron chi connectivity index (χ2n) is 4.55. The first-order valence-corrected chi connectivity index (χ1v) is 4.94. The van der Waals surface area contributed by atoms with E-state index < -0.39 is 29.5 Å². The molecule has 0 spiro atoms. The quantitative estimate of drug-likeness (QED) is 0.740. The Morgan fingerprint density at radius 3 is 1.33 bits per heavy atom. The van der Waals surface area contributed by atoms with Gasteiger partial charge in [-0.25, -0.2) is 0 Å². The third kappa shape index (κ3) is 1.45. The van der Waals surface area contributed by atoms with Gasteiger partial charge in [0.2, 0.25) is 0 Å². The van der Waals surface area contributed by atoms with Gasteiger partial charge in [0.05, 0.1) is 5.54 Å². The van der Waals surface area contributed by atoms with Crippen LogP contribution in [0.25, 0.3) is 0 Å². The highest BCUT2D eigenvalue weighted by molar-refractivity contribution is 5.16. The van der Waals surface area contributed by atoms with E-state index in [0.29, 0.717) is 25.7 Å². The summed E-state index contributed by atoms with van der Waals surface area (Å²) in [6.07, 6.45) is -3.98. The largest absolute Gasteiger partial charge is 0.455 e. The monoisotopic (exact) mass is 229 g/mol. The molecule has 0 heterocycles. The van der Waals surface area contributed by atoms with Gasteiger partial charge in [-0.2, -0.15) is 22.0 Å². The molecule has 2 saturated carbocycles. The van der Waals surface area contributed by atoms with Crippen molar-refractivity contribution in [2.24, 2.45) is 17.6 Å². The van der Waals surface area contributed by atoms with Crippen molar-refractivity contribution < 1.29 is 22.0 Å². The van der Waals surface area contributed by atoms with Crippen LogP contribution in [0.5, 0.6) is 0 Å². The summed E-state index contributed by atoms with van der Waals surface area (Å²) >= 11 is 0. The first-order valence-electron chi connectivity index (χ1n) is 4.94. The van der Waals surface area contributed by atoms with Crippen LogP contribution < -0.4 is 5.73 Å². The number of hydrogen-bond donors (Lipinski definition) is 1. The van der Waals surface area contributed by atoms with Crippen LogP contribution in [-0.2, 0) is 0 Å². The van der Waals surface area contributed by atoms with E-state index >= 15 is 0 Å². The van der Waals surface area contributed by atoms with E-state index in [1.54, 1.807) is 0 Å². The van der Waals surface area contributed by atoms with Crippen molar-refractivity contribution in [3.63, 3.8) is 0 Å². The zero-order valence-electron chi connectivity index (χ0n) is 7.95. The lowest BCUT2D eigenvalue weighted by Crippen LogP contribution is -2.65. The minimum absolute atomic E-state index is 0.388. The summed E-state index contributed by atoms with van der Waals surface area (Å²) in [7, 11) is 0. The van der Waals surface area contributed by atoms with E-state index in [-0.39, 0.29) is 0 Å². The van der Waals surface area contributed by atoms with Gasteiger partial charge in [-0.1, -0.05) is 0 Å². The molecule has 88 valence electrons. The molecule has 0 bridgehead atoms. The molecule has 0 unspecified atom stereocenters. The molecule has 15 heavy (non-hydrogen) atoms. The average Bonchev–Trinajstić information content (AvgIpc) is 2.92. The molecule has 2 rings (SSSR count). The number of alkyl halides is 5. The number of rotatable bonds is 3. The lowest BCUT2D eigenvalue weighted by atomic mass is 9.81. The van der Waals surface area contributed by atoms with Crippen molar-refractivity contribution in [1.29, 1.82) is 0 Å². The zero-order valence-corrected chi connectivity index (χ0v) is 7.95. The second-order valence-corrected chi connectivity index (χ2v) is 4.55. The molecule has 2 aliphatic carbocycles. The summed E-state index contributed by atoms with van der Waals surface area (Å²) in [5.41, 5.74) is 3.05. The van der Waals surface area contributed by atoms with Crippen molar-refractivity contribution in [2.45, 2.75) is 43.3 Å². The molecule has 0 aromatic heterocycles. The van der Waals surface area contributed by atoms with Gasteiger partial charge in [0.25, 0.3) is 0 Å². The topological polar surface area (TPSA) is 26.0 Å². The van der Waals surface area contributed by atoms with Crippen molar-refractivity contribution in [1.82, 2.24) is 0 Å². The molecule has 0 aromatic carbocycles. The van der Waals surface area contributed by atoms with Crippen molar-refractivity contribution in [2.75, 3.05) is 0 Å². The molecule has 0 aliphatic heterocycles. The van der Waals surface area contributed by atoms with Crippen molar-refractivity contribution in [3.05, 3.63) is 0 Å². The van der Waals surface area contributed by atoms with Gasteiger partial charge in [0, 0.05) is 0 Å². The van der Waals surface area contributed by atoms with Gasteiger partial charge in [0.15, 0.2) is 0 Å². The Morgan fingerprint density at radius 1 is 0.800 bits per heavy atom. The Labute approximate surface area is 83.8 Å². The Bertz CT molecular complexity index is 252. The minimum Gasteiger partial charge on any atom is -0.319 e. The fraction of sp³-hybridized carbons (Fsp3) is 1.00. The van der Waals surface area contributed by atoms with Crippen LogP contribution in [0.1, 0.15) is 25.7 Å². The van der Waals surface area contributed by atoms with Crippen molar-refractivity contribution >= 4 is 0 Å². The third-order valence-electron chi connectivity index (χ3n) is 3.41. The molecule has 0 aromatic rings. The normalized spacial score (nSPS) is 24.4. The first-order chi connectivity index (χ1) is 6.71. The van der Waals surface area contributed by atoms with E-state index in [4.69, 9.17) is 5.73 Å². The zero-order chi connectivity index (χ0) is 11.5. The van der Waals surface area contributed by atoms with E-state index in [1.807, 2.05) is 0 Å². The fourth-order valence-electron chi connectivity index (χ4n) is 2.21. The van der Waals surface area contributed by atoms with Crippen LogP contribution in [-0.4, -0.2) is 17.6 Å². The number of halogens is 5. The molecule has 0 amide bonds. The highest BCUT2D eigenvalue weighted by atomic mass is 19.4. The Morgan fingerprint density at radius 2 is 1.13 bits per heavy atom. The Kier molecular flexibility index (Phi) is 2.10. The molecular formula is C9H12F5N. The molecule has 2 aliphatic rings. The summed E-state index contributed by atoms with van der Waals surface area (Å²) in [6, 6.07) is 0. The smallest absolute Gasteiger partial charge is 0.319 e. The van der Waals surface area contributed by atoms with E-state index in [2.05, 4.69) is 0 Å². The lowest BCUT2D eigenvalue weighted by molar-refractivity contribution is -0.313. The summed E-state index contributed by atoms with van der Waals surface area (Å²) < 4.78 is 63.4. The van der Waals surface area contributed by atoms with Crippen LogP contribution in [0.15, 0.2) is 0 Å². The van der Waals surface area contributed by atoms with Crippen LogP contribution in [0.3, 0.4) is 0 Å². The van der Waals surface area contributed by atoms with Gasteiger partial charge in [-0.05, 0) is 37.5 Å². The standard InChI is InChI=1S/C9H12F5N/c10-8(11,9(12,13)14)7(15,5-1-2-5)6-3-4-6/h5-6H,1-4,15H2. The molecule has 1 nitrogen and oxygen atoms in total. The van der Waals surface area contributed by atoms with Crippen LogP contribution >= 0.6 is 0 Å². The predicted molar refractivity (Wildman–Crippen MR) is 43.4 cm³/mol. The highest BCUT2D eigenvalue weighted by Crippen LogP contribution is 2.60. The van der Waals surface area contributed by atoms with E-state index in [9.17, 15) is 22.0 Å². The van der Waals surface area contributed by atoms with E-state index in [0.717, 1.165) is 0 Å². The highest BCUT2D eigenvalue weighted by Gasteiger charge is 2.75. The lowest BCUT2D eigenvalue weighted by Gasteiger charge is -2.38. The van der Waals surface area contributed by atoms with E-state index in [1.165, 1.54) is 0 Å². The number of nitrogens with two attached hydrogens (primary N) is 1. The maximum atomic E-state index is 13.3. The Balaban J connectivity index is 2.31. The van der Waals surface area contributed by atoms with Gasteiger partial charge in [-0.15, -0.1) is 0 Å². The third-order valence-corrected chi connectivity index (χ3v) is 3.41. The first kappa shape index (κ1) is 11.1. The van der Waals surface area contributed by atoms with Crippen molar-refractivity contribution in [3.8, 4) is 0 Å². The predicted octanol–water partition coefficient (Wildman–Crippen LogP) is 2.70. The SMILES string of the molecule is NC(C1CC1)(C1CC1)C(F)(F)C(F)(F)F. The Hall–Kier alpha value is -0.390. The fourth-order valence-corrected chi connectivity index (χ4v) is 2.21. The summed E-state index contributed by atoms with van der Waals surface area (Å²) in [5.74, 6) is -6.09. The average molecular weight is 229 g/mol. The maximum absolute atomic E-state index is 13.3. The second kappa shape index (κ2) is 2.84. The molecule has 0 radical (unpaired) electrons. The summed E-state index contributed by atoms with van der Waals surface area (Å²) in [4.78, 5) is 0. The summed E-state index contributed by atoms with van der Waals surface area (Å²) in [6.45, 7) is 0. The number of hydrogen-bond acceptors (Lipinski definition) is 1. The molecule has 0 atom stereocenters. The van der Waals surface area contributed by atoms with Gasteiger partial charge in [0.1, 0.15) is 0 Å².